The van der Waals surface area contributed by atoms with E-state index in [0.29, 0.717) is 13.1 Å². The lowest BCUT2D eigenvalue weighted by Gasteiger charge is -2.44. The monoisotopic (exact) mass is 337 g/mol. The molecule has 1 atom stereocenters. The van der Waals surface area contributed by atoms with Crippen molar-refractivity contribution in [2.45, 2.75) is 26.2 Å². The van der Waals surface area contributed by atoms with Gasteiger partial charge in [0.2, 0.25) is 0 Å². The number of hydrogen-bond acceptors (Lipinski definition) is 3. The van der Waals surface area contributed by atoms with Gasteiger partial charge in [0, 0.05) is 25.2 Å². The first kappa shape index (κ1) is 17.1. The van der Waals surface area contributed by atoms with Crippen LogP contribution in [-0.2, 0) is 0 Å². The zero-order valence-corrected chi connectivity index (χ0v) is 14.6. The zero-order chi connectivity index (χ0) is 18.0. The molecule has 1 aliphatic heterocycles. The van der Waals surface area contributed by atoms with Gasteiger partial charge in [0.05, 0.1) is 5.56 Å². The zero-order valence-electron chi connectivity index (χ0n) is 14.6. The van der Waals surface area contributed by atoms with Crippen LogP contribution in [0, 0.1) is 5.41 Å². The molecule has 0 aliphatic carbocycles. The predicted molar refractivity (Wildman–Crippen MR) is 96.2 cm³/mol. The summed E-state index contributed by atoms with van der Waals surface area (Å²) in [5, 5.41) is 0. The van der Waals surface area contributed by atoms with Gasteiger partial charge < -0.3 is 10.6 Å². The van der Waals surface area contributed by atoms with E-state index in [-0.39, 0.29) is 28.5 Å². The Morgan fingerprint density at radius 1 is 1.16 bits per heavy atom. The second-order valence-corrected chi connectivity index (χ2v) is 7.22. The third-order valence-corrected chi connectivity index (χ3v) is 5.13. The minimum absolute atomic E-state index is 0.0357. The molecule has 0 saturated carbocycles. The van der Waals surface area contributed by atoms with E-state index in [0.717, 1.165) is 6.42 Å². The fourth-order valence-electron chi connectivity index (χ4n) is 3.53. The molecule has 1 aromatic carbocycles. The number of amides is 2. The van der Waals surface area contributed by atoms with Gasteiger partial charge in [-0.3, -0.25) is 14.6 Å². The molecule has 1 aromatic heterocycles. The summed E-state index contributed by atoms with van der Waals surface area (Å²) in [6.45, 7) is 5.75. The van der Waals surface area contributed by atoms with Gasteiger partial charge in [0.25, 0.3) is 11.8 Å². The van der Waals surface area contributed by atoms with Crippen LogP contribution in [-0.4, -0.2) is 34.8 Å². The molecule has 25 heavy (non-hydrogen) atoms. The van der Waals surface area contributed by atoms with Crippen LogP contribution in [0.25, 0.3) is 0 Å². The molecule has 2 N–H and O–H groups in total. The number of pyridine rings is 1. The van der Waals surface area contributed by atoms with Crippen molar-refractivity contribution in [3.8, 4) is 0 Å². The highest BCUT2D eigenvalue weighted by Gasteiger charge is 2.38. The molecule has 130 valence electrons. The summed E-state index contributed by atoms with van der Waals surface area (Å²) in [4.78, 5) is 30.4. The van der Waals surface area contributed by atoms with Crippen molar-refractivity contribution in [3.63, 3.8) is 0 Å². The molecule has 1 aliphatic rings. The quantitative estimate of drug-likeness (QED) is 0.935. The fourth-order valence-corrected chi connectivity index (χ4v) is 3.53. The minimum Gasteiger partial charge on any atom is -0.364 e. The van der Waals surface area contributed by atoms with Gasteiger partial charge in [-0.2, -0.15) is 0 Å². The normalized spacial score (nSPS) is 19.4. The summed E-state index contributed by atoms with van der Waals surface area (Å²) in [6, 6.07) is 13.5. The maximum atomic E-state index is 13.0. The minimum atomic E-state index is -0.680. The first-order valence-corrected chi connectivity index (χ1v) is 8.49. The molecule has 2 aromatic rings. The first-order chi connectivity index (χ1) is 11.9. The van der Waals surface area contributed by atoms with Crippen LogP contribution >= 0.6 is 0 Å². The maximum absolute atomic E-state index is 13.0. The van der Waals surface area contributed by atoms with E-state index in [2.05, 4.69) is 31.0 Å². The molecule has 3 rings (SSSR count). The van der Waals surface area contributed by atoms with E-state index in [9.17, 15) is 9.59 Å². The Labute approximate surface area is 147 Å². The number of rotatable bonds is 3. The van der Waals surface area contributed by atoms with Crippen molar-refractivity contribution in [1.29, 1.82) is 0 Å². The van der Waals surface area contributed by atoms with Gasteiger partial charge in [0.15, 0.2) is 0 Å². The Morgan fingerprint density at radius 2 is 1.88 bits per heavy atom. The standard InChI is InChI=1S/C20H23N3O2/c1-20(2)10-12-23(13-16(20)14-7-4-3-5-8-14)19(25)15-9-6-11-22-17(15)18(21)24/h3-9,11,16H,10,12-13H2,1-2H3,(H2,21,24). The second kappa shape index (κ2) is 6.67. The van der Waals surface area contributed by atoms with Crippen LogP contribution in [0.2, 0.25) is 0 Å². The van der Waals surface area contributed by atoms with E-state index in [1.54, 1.807) is 12.1 Å². The molecular weight excluding hydrogens is 314 g/mol. The highest BCUT2D eigenvalue weighted by molar-refractivity contribution is 6.05. The largest absolute Gasteiger partial charge is 0.364 e. The first-order valence-electron chi connectivity index (χ1n) is 8.49. The van der Waals surface area contributed by atoms with Crippen molar-refractivity contribution < 1.29 is 9.59 Å². The molecule has 0 radical (unpaired) electrons. The fraction of sp³-hybridized carbons (Fsp3) is 0.350. The topological polar surface area (TPSA) is 76.3 Å². The third-order valence-electron chi connectivity index (χ3n) is 5.13. The second-order valence-electron chi connectivity index (χ2n) is 7.22. The van der Waals surface area contributed by atoms with Crippen LogP contribution in [0.15, 0.2) is 48.7 Å². The summed E-state index contributed by atoms with van der Waals surface area (Å²) in [5.41, 5.74) is 7.01. The molecule has 2 amide bonds. The van der Waals surface area contributed by atoms with Crippen molar-refractivity contribution in [3.05, 3.63) is 65.5 Å². The van der Waals surface area contributed by atoms with E-state index in [1.165, 1.54) is 11.8 Å². The van der Waals surface area contributed by atoms with Gasteiger partial charge in [0.1, 0.15) is 5.69 Å². The molecule has 5 nitrogen and oxygen atoms in total. The highest BCUT2D eigenvalue weighted by atomic mass is 16.2. The van der Waals surface area contributed by atoms with Gasteiger partial charge in [-0.25, -0.2) is 0 Å². The van der Waals surface area contributed by atoms with Crippen LogP contribution in [0.4, 0.5) is 0 Å². The van der Waals surface area contributed by atoms with Crippen molar-refractivity contribution >= 4 is 11.8 Å². The average molecular weight is 337 g/mol. The molecule has 1 unspecified atom stereocenters. The van der Waals surface area contributed by atoms with Crippen molar-refractivity contribution in [1.82, 2.24) is 9.88 Å². The number of carbonyl (C=O) groups is 2. The van der Waals surface area contributed by atoms with Gasteiger partial charge >= 0.3 is 0 Å². The van der Waals surface area contributed by atoms with Crippen LogP contribution in [0.5, 0.6) is 0 Å². The molecule has 0 bridgehead atoms. The molecule has 1 saturated heterocycles. The van der Waals surface area contributed by atoms with Crippen LogP contribution in [0.1, 0.15) is 52.6 Å². The predicted octanol–water partition coefficient (Wildman–Crippen LogP) is 2.84. The number of likely N-dealkylation sites (tertiary alicyclic amines) is 1. The SMILES string of the molecule is CC1(C)CCN(C(=O)c2cccnc2C(N)=O)CC1c1ccccc1. The number of benzene rings is 1. The summed E-state index contributed by atoms with van der Waals surface area (Å²) in [5.74, 6) is -0.626. The number of nitrogens with zero attached hydrogens (tertiary/aromatic N) is 2. The van der Waals surface area contributed by atoms with E-state index in [1.807, 2.05) is 23.1 Å². The van der Waals surface area contributed by atoms with E-state index < -0.39 is 5.91 Å². The lowest BCUT2D eigenvalue weighted by molar-refractivity contribution is 0.0564. The number of nitrogens with two attached hydrogens (primary N) is 1. The molecule has 2 heterocycles. The average Bonchev–Trinajstić information content (AvgIpc) is 2.61. The molecule has 1 fully saturated rings. The number of primary amides is 1. The number of aromatic nitrogens is 1. The van der Waals surface area contributed by atoms with E-state index >= 15 is 0 Å². The smallest absolute Gasteiger partial charge is 0.268 e. The lowest BCUT2D eigenvalue weighted by Crippen LogP contribution is -2.46. The maximum Gasteiger partial charge on any atom is 0.268 e. The van der Waals surface area contributed by atoms with Gasteiger partial charge in [-0.15, -0.1) is 0 Å². The van der Waals surface area contributed by atoms with Crippen molar-refractivity contribution in [2.24, 2.45) is 11.1 Å². The summed E-state index contributed by atoms with van der Waals surface area (Å²) < 4.78 is 0. The number of hydrogen-bond donors (Lipinski definition) is 1. The van der Waals surface area contributed by atoms with Crippen LogP contribution in [0.3, 0.4) is 0 Å². The van der Waals surface area contributed by atoms with E-state index in [4.69, 9.17) is 5.73 Å². The highest BCUT2D eigenvalue weighted by Crippen LogP contribution is 2.42. The Hall–Kier alpha value is -2.69. The lowest BCUT2D eigenvalue weighted by atomic mass is 9.70. The van der Waals surface area contributed by atoms with Gasteiger partial charge in [-0.1, -0.05) is 44.2 Å². The molecule has 5 heteroatoms. The Bertz CT molecular complexity index is 787. The Balaban J connectivity index is 1.89. The van der Waals surface area contributed by atoms with Crippen molar-refractivity contribution in [2.75, 3.05) is 13.1 Å². The molecule has 0 spiro atoms. The summed E-state index contributed by atoms with van der Waals surface area (Å²) >= 11 is 0. The Kier molecular flexibility index (Phi) is 4.57. The third kappa shape index (κ3) is 3.40. The van der Waals surface area contributed by atoms with Gasteiger partial charge in [-0.05, 0) is 29.5 Å². The summed E-state index contributed by atoms with van der Waals surface area (Å²) in [7, 11) is 0. The number of carbonyl (C=O) groups excluding carboxylic acids is 2. The summed E-state index contributed by atoms with van der Waals surface area (Å²) in [6.07, 6.45) is 2.37. The Morgan fingerprint density at radius 3 is 2.56 bits per heavy atom. The molecular formula is C20H23N3O2. The number of piperidine rings is 1. The van der Waals surface area contributed by atoms with Crippen LogP contribution < -0.4 is 5.73 Å².